The van der Waals surface area contributed by atoms with Crippen LogP contribution in [0, 0.1) is 0 Å². The van der Waals surface area contributed by atoms with Crippen LogP contribution in [-0.2, 0) is 13.1 Å². The molecule has 1 aliphatic rings. The molecule has 30 heavy (non-hydrogen) atoms. The fraction of sp³-hybridized carbons (Fsp3) is 0.0769. The van der Waals surface area contributed by atoms with Crippen LogP contribution in [0.2, 0.25) is 0 Å². The van der Waals surface area contributed by atoms with Crippen LogP contribution < -0.4 is 4.90 Å². The molecular weight excluding hydrogens is 372 g/mol. The molecule has 0 unspecified atom stereocenters. The molecule has 1 aliphatic heterocycles. The summed E-state index contributed by atoms with van der Waals surface area (Å²) >= 11 is 0. The number of benzene rings is 3. The topological polar surface area (TPSA) is 42.3 Å². The maximum Gasteiger partial charge on any atom is 0.258 e. The Morgan fingerprint density at radius 1 is 0.633 bits per heavy atom. The lowest BCUT2D eigenvalue weighted by molar-refractivity contribution is 0.0982. The van der Waals surface area contributed by atoms with Crippen molar-refractivity contribution in [1.29, 1.82) is 0 Å². The molecule has 4 aromatic rings. The lowest BCUT2D eigenvalue weighted by Crippen LogP contribution is -2.30. The smallest absolute Gasteiger partial charge is 0.258 e. The third-order valence-electron chi connectivity index (χ3n) is 5.54. The van der Waals surface area contributed by atoms with Gasteiger partial charge < -0.3 is 9.47 Å². The number of hydrogen-bond donors (Lipinski definition) is 0. The van der Waals surface area contributed by atoms with Gasteiger partial charge in [-0.05, 0) is 35.9 Å². The average molecular weight is 392 g/mol. The number of para-hydroxylation sites is 1. The summed E-state index contributed by atoms with van der Waals surface area (Å²) in [4.78, 5) is 27.9. The molecule has 0 radical (unpaired) electrons. The molecule has 0 saturated carbocycles. The lowest BCUT2D eigenvalue weighted by Gasteiger charge is -2.23. The number of ketones is 1. The molecular formula is C26H20N2O2. The normalized spacial score (nSPS) is 12.6. The third kappa shape index (κ3) is 3.22. The van der Waals surface area contributed by atoms with Crippen LogP contribution in [0.15, 0.2) is 97.2 Å². The predicted octanol–water partition coefficient (Wildman–Crippen LogP) is 4.93. The van der Waals surface area contributed by atoms with Crippen LogP contribution in [0.1, 0.15) is 37.5 Å². The Bertz CT molecular complexity index is 1220. The molecule has 0 spiro atoms. The summed E-state index contributed by atoms with van der Waals surface area (Å²) in [6.07, 6.45) is 2.05. The van der Waals surface area contributed by atoms with E-state index in [9.17, 15) is 9.59 Å². The van der Waals surface area contributed by atoms with Gasteiger partial charge in [-0.25, -0.2) is 0 Å². The van der Waals surface area contributed by atoms with Gasteiger partial charge in [0.05, 0.1) is 6.54 Å². The SMILES string of the molecule is O=C(c1ccccc1)c1ccc(C(=O)N2Cc3cccn3Cc3ccccc32)cc1. The van der Waals surface area contributed by atoms with Crippen molar-refractivity contribution >= 4 is 17.4 Å². The molecule has 1 amide bonds. The van der Waals surface area contributed by atoms with Crippen molar-refractivity contribution in [3.63, 3.8) is 0 Å². The van der Waals surface area contributed by atoms with Gasteiger partial charge in [0.25, 0.3) is 5.91 Å². The highest BCUT2D eigenvalue weighted by Gasteiger charge is 2.24. The summed E-state index contributed by atoms with van der Waals surface area (Å²) in [6.45, 7) is 1.25. The van der Waals surface area contributed by atoms with E-state index < -0.39 is 0 Å². The number of amides is 1. The fourth-order valence-electron chi connectivity index (χ4n) is 3.94. The predicted molar refractivity (Wildman–Crippen MR) is 117 cm³/mol. The van der Waals surface area contributed by atoms with Crippen LogP contribution in [0.25, 0.3) is 0 Å². The molecule has 146 valence electrons. The molecule has 0 atom stereocenters. The van der Waals surface area contributed by atoms with E-state index in [1.165, 1.54) is 0 Å². The Hall–Kier alpha value is -3.92. The minimum absolute atomic E-state index is 0.0486. The second kappa shape index (κ2) is 7.48. The van der Waals surface area contributed by atoms with Crippen molar-refractivity contribution in [1.82, 2.24) is 4.57 Å². The quantitative estimate of drug-likeness (QED) is 0.464. The van der Waals surface area contributed by atoms with E-state index in [1.54, 1.807) is 36.4 Å². The first-order valence-electron chi connectivity index (χ1n) is 9.94. The number of nitrogens with zero attached hydrogens (tertiary/aromatic N) is 2. The Morgan fingerprint density at radius 2 is 1.30 bits per heavy atom. The van der Waals surface area contributed by atoms with E-state index in [0.29, 0.717) is 23.2 Å². The number of rotatable bonds is 3. The van der Waals surface area contributed by atoms with Gasteiger partial charge in [-0.2, -0.15) is 0 Å². The van der Waals surface area contributed by atoms with Crippen molar-refractivity contribution in [2.45, 2.75) is 13.1 Å². The van der Waals surface area contributed by atoms with Crippen molar-refractivity contribution in [2.24, 2.45) is 0 Å². The van der Waals surface area contributed by atoms with Gasteiger partial charge in [-0.15, -0.1) is 0 Å². The summed E-state index contributed by atoms with van der Waals surface area (Å²) < 4.78 is 2.17. The zero-order valence-electron chi connectivity index (χ0n) is 16.4. The summed E-state index contributed by atoms with van der Waals surface area (Å²) in [5.74, 6) is -0.122. The van der Waals surface area contributed by atoms with Gasteiger partial charge in [-0.3, -0.25) is 9.59 Å². The minimum atomic E-state index is -0.0733. The van der Waals surface area contributed by atoms with Crippen LogP contribution in [0.5, 0.6) is 0 Å². The zero-order valence-corrected chi connectivity index (χ0v) is 16.4. The molecule has 3 aromatic carbocycles. The van der Waals surface area contributed by atoms with Gasteiger partial charge in [-0.1, -0.05) is 60.7 Å². The van der Waals surface area contributed by atoms with Gasteiger partial charge in [0, 0.05) is 40.8 Å². The highest BCUT2D eigenvalue weighted by molar-refractivity contribution is 6.10. The van der Waals surface area contributed by atoms with Gasteiger partial charge in [0.15, 0.2) is 5.78 Å². The van der Waals surface area contributed by atoms with Crippen LogP contribution in [-0.4, -0.2) is 16.3 Å². The van der Waals surface area contributed by atoms with Crippen LogP contribution in [0.4, 0.5) is 5.69 Å². The van der Waals surface area contributed by atoms with E-state index in [0.717, 1.165) is 23.5 Å². The summed E-state index contributed by atoms with van der Waals surface area (Å²) in [7, 11) is 0. The summed E-state index contributed by atoms with van der Waals surface area (Å²) in [5.41, 5.74) is 4.90. The number of fused-ring (bicyclic) bond motifs is 2. The second-order valence-electron chi connectivity index (χ2n) is 7.42. The molecule has 0 saturated heterocycles. The summed E-state index contributed by atoms with van der Waals surface area (Å²) in [6, 6.07) is 28.2. The number of hydrogen-bond acceptors (Lipinski definition) is 2. The van der Waals surface area contributed by atoms with E-state index in [4.69, 9.17) is 0 Å². The largest absolute Gasteiger partial charge is 0.345 e. The molecule has 4 nitrogen and oxygen atoms in total. The van der Waals surface area contributed by atoms with Crippen molar-refractivity contribution in [3.8, 4) is 0 Å². The molecule has 5 rings (SSSR count). The maximum absolute atomic E-state index is 13.4. The van der Waals surface area contributed by atoms with Gasteiger partial charge in [0.1, 0.15) is 0 Å². The Kier molecular flexibility index (Phi) is 4.52. The van der Waals surface area contributed by atoms with E-state index >= 15 is 0 Å². The monoisotopic (exact) mass is 392 g/mol. The molecule has 1 aromatic heterocycles. The maximum atomic E-state index is 13.4. The standard InChI is InChI=1S/C26H20N2O2/c29-25(19-7-2-1-3-8-19)20-12-14-21(15-13-20)26(30)28-18-23-10-6-16-27(23)17-22-9-4-5-11-24(22)28/h1-16H,17-18H2. The number of carbonyl (C=O) groups excluding carboxylic acids is 2. The molecule has 0 fully saturated rings. The molecule has 0 bridgehead atoms. The van der Waals surface area contributed by atoms with Crippen molar-refractivity contribution < 1.29 is 9.59 Å². The number of aromatic nitrogens is 1. The number of anilines is 1. The minimum Gasteiger partial charge on any atom is -0.345 e. The number of carbonyl (C=O) groups is 2. The lowest BCUT2D eigenvalue weighted by atomic mass is 10.0. The van der Waals surface area contributed by atoms with Crippen LogP contribution >= 0.6 is 0 Å². The fourth-order valence-corrected chi connectivity index (χ4v) is 3.94. The molecule has 4 heteroatoms. The Labute approximate surface area is 175 Å². The van der Waals surface area contributed by atoms with Crippen LogP contribution in [0.3, 0.4) is 0 Å². The second-order valence-corrected chi connectivity index (χ2v) is 7.42. The van der Waals surface area contributed by atoms with E-state index in [-0.39, 0.29) is 11.7 Å². The van der Waals surface area contributed by atoms with Crippen molar-refractivity contribution in [2.75, 3.05) is 4.90 Å². The Balaban J connectivity index is 1.46. The molecule has 0 N–H and O–H groups in total. The highest BCUT2D eigenvalue weighted by Crippen LogP contribution is 2.29. The highest BCUT2D eigenvalue weighted by atomic mass is 16.2. The average Bonchev–Trinajstić information content (AvgIpc) is 3.18. The van der Waals surface area contributed by atoms with Gasteiger partial charge in [0.2, 0.25) is 0 Å². The van der Waals surface area contributed by atoms with Crippen molar-refractivity contribution in [3.05, 3.63) is 125 Å². The summed E-state index contributed by atoms with van der Waals surface area (Å²) in [5, 5.41) is 0. The zero-order chi connectivity index (χ0) is 20.5. The first kappa shape index (κ1) is 18.1. The first-order chi connectivity index (χ1) is 14.7. The molecule has 0 aliphatic carbocycles. The Morgan fingerprint density at radius 3 is 2.10 bits per heavy atom. The first-order valence-corrected chi connectivity index (χ1v) is 9.94. The van der Waals surface area contributed by atoms with E-state index in [1.807, 2.05) is 59.6 Å². The van der Waals surface area contributed by atoms with E-state index in [2.05, 4.69) is 10.6 Å². The molecule has 2 heterocycles. The third-order valence-corrected chi connectivity index (χ3v) is 5.54. The van der Waals surface area contributed by atoms with Gasteiger partial charge >= 0.3 is 0 Å².